The molecule has 0 saturated carbocycles. The van der Waals surface area contributed by atoms with Crippen LogP contribution in [0.4, 0.5) is 5.69 Å². The van der Waals surface area contributed by atoms with Gasteiger partial charge >= 0.3 is 0 Å². The molecule has 3 N–H and O–H groups in total. The topological polar surface area (TPSA) is 115 Å². The second kappa shape index (κ2) is 6.55. The van der Waals surface area contributed by atoms with Crippen LogP contribution in [0.25, 0.3) is 0 Å². The van der Waals surface area contributed by atoms with E-state index in [2.05, 4.69) is 26.1 Å². The van der Waals surface area contributed by atoms with Gasteiger partial charge in [0.25, 0.3) is 5.69 Å². The van der Waals surface area contributed by atoms with Gasteiger partial charge in [-0.15, -0.1) is 0 Å². The standard InChI is InChI=1S/C12H9BrN4O3S/c13-7-2-1-3-9(4-7)21-12-10(11(14)16-18)5-8(6-15-12)17(19)20/h1-6,18H,(H2,14,16). The maximum absolute atomic E-state index is 10.8. The van der Waals surface area contributed by atoms with Crippen molar-refractivity contribution in [3.8, 4) is 0 Å². The summed E-state index contributed by atoms with van der Waals surface area (Å²) in [5.41, 5.74) is 5.54. The first-order chi connectivity index (χ1) is 10.0. The van der Waals surface area contributed by atoms with Crippen molar-refractivity contribution in [2.75, 3.05) is 0 Å². The molecule has 2 aromatic rings. The number of pyridine rings is 1. The fourth-order valence-electron chi connectivity index (χ4n) is 1.50. The van der Waals surface area contributed by atoms with Crippen molar-refractivity contribution < 1.29 is 10.1 Å². The van der Waals surface area contributed by atoms with E-state index in [4.69, 9.17) is 10.9 Å². The predicted octanol–water partition coefficient (Wildman–Crippen LogP) is 3.00. The molecule has 2 rings (SSSR count). The van der Waals surface area contributed by atoms with Gasteiger partial charge in [0.05, 0.1) is 10.5 Å². The molecule has 0 spiro atoms. The normalized spacial score (nSPS) is 11.4. The Morgan fingerprint density at radius 2 is 2.24 bits per heavy atom. The number of nitro groups is 1. The summed E-state index contributed by atoms with van der Waals surface area (Å²) >= 11 is 4.61. The number of hydrogen-bond acceptors (Lipinski definition) is 6. The van der Waals surface area contributed by atoms with Gasteiger partial charge in [-0.05, 0) is 18.2 Å². The third-order valence-corrected chi connectivity index (χ3v) is 3.94. The SMILES string of the molecule is NC(=NO)c1cc([N+](=O)[O-])cnc1Sc1cccc(Br)c1. The number of aromatic nitrogens is 1. The largest absolute Gasteiger partial charge is 0.409 e. The smallest absolute Gasteiger partial charge is 0.288 e. The van der Waals surface area contributed by atoms with Gasteiger partial charge < -0.3 is 10.9 Å². The van der Waals surface area contributed by atoms with E-state index < -0.39 is 4.92 Å². The fraction of sp³-hybridized carbons (Fsp3) is 0. The first kappa shape index (κ1) is 15.3. The molecule has 0 unspecified atom stereocenters. The van der Waals surface area contributed by atoms with Crippen LogP contribution < -0.4 is 5.73 Å². The summed E-state index contributed by atoms with van der Waals surface area (Å²) in [5, 5.41) is 22.9. The van der Waals surface area contributed by atoms with Gasteiger partial charge in [0, 0.05) is 15.4 Å². The van der Waals surface area contributed by atoms with Gasteiger partial charge in [-0.3, -0.25) is 10.1 Å². The molecule has 21 heavy (non-hydrogen) atoms. The molecular weight excluding hydrogens is 360 g/mol. The van der Waals surface area contributed by atoms with Crippen molar-refractivity contribution >= 4 is 39.2 Å². The van der Waals surface area contributed by atoms with Gasteiger partial charge in [0.1, 0.15) is 11.2 Å². The fourth-order valence-corrected chi connectivity index (χ4v) is 2.99. The highest BCUT2D eigenvalue weighted by molar-refractivity contribution is 9.10. The molecule has 0 bridgehead atoms. The Balaban J connectivity index is 2.45. The molecule has 9 heteroatoms. The monoisotopic (exact) mass is 368 g/mol. The molecule has 0 aliphatic carbocycles. The Morgan fingerprint density at radius 1 is 1.48 bits per heavy atom. The number of oxime groups is 1. The van der Waals surface area contributed by atoms with E-state index in [1.54, 1.807) is 0 Å². The number of amidine groups is 1. The zero-order valence-electron chi connectivity index (χ0n) is 10.4. The molecule has 0 saturated heterocycles. The molecule has 0 radical (unpaired) electrons. The van der Waals surface area contributed by atoms with E-state index in [-0.39, 0.29) is 17.1 Å². The summed E-state index contributed by atoms with van der Waals surface area (Å²) in [5.74, 6) is -0.233. The van der Waals surface area contributed by atoms with Crippen LogP contribution in [0.3, 0.4) is 0 Å². The van der Waals surface area contributed by atoms with Crippen LogP contribution in [0.15, 0.2) is 56.1 Å². The highest BCUT2D eigenvalue weighted by Gasteiger charge is 2.16. The molecule has 1 heterocycles. The van der Waals surface area contributed by atoms with Crippen molar-refractivity contribution in [3.63, 3.8) is 0 Å². The lowest BCUT2D eigenvalue weighted by Crippen LogP contribution is -2.15. The Morgan fingerprint density at radius 3 is 2.86 bits per heavy atom. The molecule has 0 aliphatic rings. The van der Waals surface area contributed by atoms with Crippen molar-refractivity contribution in [1.82, 2.24) is 4.98 Å². The summed E-state index contributed by atoms with van der Waals surface area (Å²) in [6, 6.07) is 8.67. The van der Waals surface area contributed by atoms with Gasteiger partial charge in [-0.25, -0.2) is 4.98 Å². The zero-order valence-corrected chi connectivity index (χ0v) is 12.8. The number of nitrogens with two attached hydrogens (primary N) is 1. The van der Waals surface area contributed by atoms with E-state index in [0.29, 0.717) is 5.03 Å². The van der Waals surface area contributed by atoms with Crippen LogP contribution in [-0.2, 0) is 0 Å². The minimum Gasteiger partial charge on any atom is -0.409 e. The number of halogens is 1. The maximum Gasteiger partial charge on any atom is 0.288 e. The van der Waals surface area contributed by atoms with E-state index in [1.165, 1.54) is 17.8 Å². The predicted molar refractivity (Wildman–Crippen MR) is 81.7 cm³/mol. The first-order valence-corrected chi connectivity index (χ1v) is 7.18. The van der Waals surface area contributed by atoms with Crippen LogP contribution >= 0.6 is 27.7 Å². The van der Waals surface area contributed by atoms with Crippen molar-refractivity contribution in [2.45, 2.75) is 9.92 Å². The third kappa shape index (κ3) is 3.70. The molecular formula is C12H9BrN4O3S. The van der Waals surface area contributed by atoms with Crippen LogP contribution in [0.5, 0.6) is 0 Å². The summed E-state index contributed by atoms with van der Waals surface area (Å²) in [6.07, 6.45) is 1.13. The number of benzene rings is 1. The van der Waals surface area contributed by atoms with Crippen LogP contribution in [0, 0.1) is 10.1 Å². The molecule has 1 aromatic heterocycles. The Bertz CT molecular complexity index is 723. The Hall–Kier alpha value is -2.13. The Kier molecular flexibility index (Phi) is 4.76. The molecule has 108 valence electrons. The van der Waals surface area contributed by atoms with Crippen molar-refractivity contribution in [1.29, 1.82) is 0 Å². The Labute approximate surface area is 132 Å². The van der Waals surface area contributed by atoms with Crippen molar-refractivity contribution in [2.24, 2.45) is 10.9 Å². The van der Waals surface area contributed by atoms with Gasteiger partial charge in [0.15, 0.2) is 5.84 Å². The molecule has 1 aromatic carbocycles. The molecule has 0 atom stereocenters. The van der Waals surface area contributed by atoms with E-state index in [0.717, 1.165) is 15.6 Å². The first-order valence-electron chi connectivity index (χ1n) is 5.57. The van der Waals surface area contributed by atoms with E-state index in [9.17, 15) is 10.1 Å². The molecule has 0 amide bonds. The lowest BCUT2D eigenvalue weighted by Gasteiger charge is -2.07. The van der Waals surface area contributed by atoms with E-state index >= 15 is 0 Å². The summed E-state index contributed by atoms with van der Waals surface area (Å²) in [7, 11) is 0. The molecule has 0 aliphatic heterocycles. The van der Waals surface area contributed by atoms with Crippen LogP contribution in [-0.4, -0.2) is 21.0 Å². The third-order valence-electron chi connectivity index (χ3n) is 2.44. The minimum absolute atomic E-state index is 0.205. The van der Waals surface area contributed by atoms with Gasteiger partial charge in [-0.2, -0.15) is 0 Å². The van der Waals surface area contributed by atoms with Crippen LogP contribution in [0.2, 0.25) is 0 Å². The number of nitrogens with zero attached hydrogens (tertiary/aromatic N) is 3. The van der Waals surface area contributed by atoms with Crippen molar-refractivity contribution in [3.05, 3.63) is 56.7 Å². The number of hydrogen-bond donors (Lipinski definition) is 2. The van der Waals surface area contributed by atoms with Gasteiger partial charge in [-0.1, -0.05) is 38.9 Å². The lowest BCUT2D eigenvalue weighted by atomic mass is 10.2. The molecule has 7 nitrogen and oxygen atoms in total. The summed E-state index contributed by atoms with van der Waals surface area (Å²) < 4.78 is 0.889. The minimum atomic E-state index is -0.589. The second-order valence-electron chi connectivity index (χ2n) is 3.85. The quantitative estimate of drug-likeness (QED) is 0.282. The highest BCUT2D eigenvalue weighted by atomic mass is 79.9. The average molecular weight is 369 g/mol. The summed E-state index contributed by atoms with van der Waals surface area (Å²) in [4.78, 5) is 15.1. The average Bonchev–Trinajstić information content (AvgIpc) is 2.46. The number of rotatable bonds is 4. The lowest BCUT2D eigenvalue weighted by molar-refractivity contribution is -0.385. The highest BCUT2D eigenvalue weighted by Crippen LogP contribution is 2.31. The second-order valence-corrected chi connectivity index (χ2v) is 5.83. The summed E-state index contributed by atoms with van der Waals surface area (Å²) in [6.45, 7) is 0. The maximum atomic E-state index is 10.8. The van der Waals surface area contributed by atoms with Gasteiger partial charge in [0.2, 0.25) is 0 Å². The zero-order chi connectivity index (χ0) is 15.4. The van der Waals surface area contributed by atoms with Crippen LogP contribution in [0.1, 0.15) is 5.56 Å². The molecule has 0 fully saturated rings. The van der Waals surface area contributed by atoms with E-state index in [1.807, 2.05) is 24.3 Å².